The van der Waals surface area contributed by atoms with Crippen LogP contribution in [0.15, 0.2) is 0 Å². The maximum absolute atomic E-state index is 6.13. The van der Waals surface area contributed by atoms with Crippen LogP contribution in [0.2, 0.25) is 5.15 Å². The van der Waals surface area contributed by atoms with Crippen molar-refractivity contribution in [2.24, 2.45) is 0 Å². The van der Waals surface area contributed by atoms with Crippen LogP contribution in [-0.4, -0.2) is 29.7 Å². The molecule has 0 radical (unpaired) electrons. The Morgan fingerprint density at radius 2 is 2.11 bits per heavy atom. The van der Waals surface area contributed by atoms with E-state index in [9.17, 15) is 0 Å². The highest BCUT2D eigenvalue weighted by molar-refractivity contribution is 6.30. The summed E-state index contributed by atoms with van der Waals surface area (Å²) in [4.78, 5) is 8.81. The number of hydrogen-bond donors (Lipinski definition) is 1. The summed E-state index contributed by atoms with van der Waals surface area (Å²) in [5.41, 5.74) is 0.904. The number of hydrogen-bond acceptors (Lipinski definition) is 4. The maximum Gasteiger partial charge on any atom is 0.137 e. The van der Waals surface area contributed by atoms with Crippen LogP contribution < -0.4 is 5.32 Å². The van der Waals surface area contributed by atoms with Crippen molar-refractivity contribution in [1.29, 1.82) is 0 Å². The second kappa shape index (κ2) is 7.54. The van der Waals surface area contributed by atoms with Crippen molar-refractivity contribution in [1.82, 2.24) is 9.97 Å². The van der Waals surface area contributed by atoms with Gasteiger partial charge in [-0.15, -0.1) is 0 Å². The molecule has 0 aliphatic rings. The van der Waals surface area contributed by atoms with E-state index in [0.717, 1.165) is 43.1 Å². The van der Waals surface area contributed by atoms with Crippen LogP contribution in [0, 0.1) is 6.92 Å². The summed E-state index contributed by atoms with van der Waals surface area (Å²) in [6.07, 6.45) is 2.79. The third kappa shape index (κ3) is 4.42. The van der Waals surface area contributed by atoms with E-state index >= 15 is 0 Å². The van der Waals surface area contributed by atoms with Gasteiger partial charge >= 0.3 is 0 Å². The minimum Gasteiger partial charge on any atom is -0.385 e. The predicted octanol–water partition coefficient (Wildman–Crippen LogP) is 3.23. The molecular formula is C13H22ClN3O. The van der Waals surface area contributed by atoms with Gasteiger partial charge in [-0.25, -0.2) is 9.97 Å². The first-order chi connectivity index (χ1) is 8.58. The van der Waals surface area contributed by atoms with Gasteiger partial charge in [0, 0.05) is 31.7 Å². The molecule has 0 aliphatic carbocycles. The van der Waals surface area contributed by atoms with Crippen molar-refractivity contribution in [3.05, 3.63) is 16.5 Å². The topological polar surface area (TPSA) is 47.0 Å². The summed E-state index contributed by atoms with van der Waals surface area (Å²) >= 11 is 6.13. The molecular weight excluding hydrogens is 250 g/mol. The standard InChI is InChI=1S/C13H22ClN3O/c1-5-6-11-16-12(14)10(3)13(17-11)15-9(2)7-8-18-4/h9H,5-8H2,1-4H3,(H,15,16,17). The molecule has 0 saturated carbocycles. The van der Waals surface area contributed by atoms with Gasteiger partial charge in [0.05, 0.1) is 0 Å². The number of nitrogens with one attached hydrogen (secondary N) is 1. The fraction of sp³-hybridized carbons (Fsp3) is 0.692. The Labute approximate surface area is 114 Å². The maximum atomic E-state index is 6.13. The molecule has 1 N–H and O–H groups in total. The highest BCUT2D eigenvalue weighted by Gasteiger charge is 2.11. The minimum absolute atomic E-state index is 0.295. The molecule has 1 rings (SSSR count). The molecule has 1 aromatic rings. The van der Waals surface area contributed by atoms with Crippen molar-refractivity contribution in [2.75, 3.05) is 19.0 Å². The van der Waals surface area contributed by atoms with Gasteiger partial charge in [0.1, 0.15) is 16.8 Å². The highest BCUT2D eigenvalue weighted by Crippen LogP contribution is 2.21. The number of aryl methyl sites for hydroxylation is 1. The van der Waals surface area contributed by atoms with Crippen molar-refractivity contribution >= 4 is 17.4 Å². The van der Waals surface area contributed by atoms with Gasteiger partial charge in [-0.2, -0.15) is 0 Å². The molecule has 0 aromatic carbocycles. The smallest absolute Gasteiger partial charge is 0.137 e. The molecule has 1 unspecified atom stereocenters. The SMILES string of the molecule is CCCc1nc(Cl)c(C)c(NC(C)CCOC)n1. The van der Waals surface area contributed by atoms with Crippen LogP contribution in [0.5, 0.6) is 0 Å². The first-order valence-electron chi connectivity index (χ1n) is 6.37. The fourth-order valence-corrected chi connectivity index (χ4v) is 1.80. The molecule has 0 aliphatic heterocycles. The lowest BCUT2D eigenvalue weighted by atomic mass is 10.2. The number of methoxy groups -OCH3 is 1. The fourth-order valence-electron chi connectivity index (χ4n) is 1.61. The van der Waals surface area contributed by atoms with Crippen molar-refractivity contribution < 1.29 is 4.74 Å². The van der Waals surface area contributed by atoms with Crippen molar-refractivity contribution in [3.63, 3.8) is 0 Å². The second-order valence-corrected chi connectivity index (χ2v) is 4.84. The van der Waals surface area contributed by atoms with Crippen LogP contribution in [0.4, 0.5) is 5.82 Å². The van der Waals surface area contributed by atoms with E-state index in [4.69, 9.17) is 16.3 Å². The van der Waals surface area contributed by atoms with Crippen molar-refractivity contribution in [3.8, 4) is 0 Å². The third-order valence-corrected chi connectivity index (χ3v) is 3.11. The Bertz CT molecular complexity index is 385. The van der Waals surface area contributed by atoms with Crippen LogP contribution >= 0.6 is 11.6 Å². The monoisotopic (exact) mass is 271 g/mol. The third-order valence-electron chi connectivity index (χ3n) is 2.74. The van der Waals surface area contributed by atoms with Gasteiger partial charge in [-0.1, -0.05) is 18.5 Å². The van der Waals surface area contributed by atoms with Gasteiger partial charge in [-0.3, -0.25) is 0 Å². The quantitative estimate of drug-likeness (QED) is 0.774. The van der Waals surface area contributed by atoms with E-state index in [1.165, 1.54) is 0 Å². The molecule has 1 atom stereocenters. The lowest BCUT2D eigenvalue weighted by Gasteiger charge is -2.16. The lowest BCUT2D eigenvalue weighted by Crippen LogP contribution is -2.19. The first-order valence-corrected chi connectivity index (χ1v) is 6.74. The summed E-state index contributed by atoms with van der Waals surface area (Å²) in [5, 5.41) is 3.91. The molecule has 5 heteroatoms. The van der Waals surface area contributed by atoms with Gasteiger partial charge < -0.3 is 10.1 Å². The number of rotatable bonds is 7. The average molecular weight is 272 g/mol. The Morgan fingerprint density at radius 1 is 1.39 bits per heavy atom. The zero-order valence-corrected chi connectivity index (χ0v) is 12.3. The average Bonchev–Trinajstić information content (AvgIpc) is 2.33. The van der Waals surface area contributed by atoms with E-state index in [1.54, 1.807) is 7.11 Å². The van der Waals surface area contributed by atoms with E-state index < -0.39 is 0 Å². The molecule has 1 aromatic heterocycles. The number of nitrogens with zero attached hydrogens (tertiary/aromatic N) is 2. The number of ether oxygens (including phenoxy) is 1. The van der Waals surface area contributed by atoms with Gasteiger partial charge in [-0.05, 0) is 26.7 Å². The number of halogens is 1. The van der Waals surface area contributed by atoms with E-state index in [1.807, 2.05) is 6.92 Å². The van der Waals surface area contributed by atoms with Crippen molar-refractivity contribution in [2.45, 2.75) is 46.1 Å². The molecule has 4 nitrogen and oxygen atoms in total. The number of anilines is 1. The molecule has 102 valence electrons. The summed E-state index contributed by atoms with van der Waals surface area (Å²) in [6.45, 7) is 6.87. The molecule has 18 heavy (non-hydrogen) atoms. The summed E-state index contributed by atoms with van der Waals surface area (Å²) in [5.74, 6) is 1.64. The Hall–Kier alpha value is -0.870. The normalized spacial score (nSPS) is 12.5. The largest absolute Gasteiger partial charge is 0.385 e. The highest BCUT2D eigenvalue weighted by atomic mass is 35.5. The Balaban J connectivity index is 2.79. The van der Waals surface area contributed by atoms with Gasteiger partial charge in [0.15, 0.2) is 0 Å². The van der Waals surface area contributed by atoms with E-state index in [2.05, 4.69) is 29.1 Å². The zero-order valence-electron chi connectivity index (χ0n) is 11.6. The Kier molecular flexibility index (Phi) is 6.36. The minimum atomic E-state index is 0.295. The molecule has 0 spiro atoms. The first kappa shape index (κ1) is 15.2. The summed E-state index contributed by atoms with van der Waals surface area (Å²) < 4.78 is 5.07. The molecule has 0 fully saturated rings. The predicted molar refractivity (Wildman–Crippen MR) is 75.4 cm³/mol. The van der Waals surface area contributed by atoms with Gasteiger partial charge in [0.25, 0.3) is 0 Å². The van der Waals surface area contributed by atoms with Crippen LogP contribution in [0.25, 0.3) is 0 Å². The lowest BCUT2D eigenvalue weighted by molar-refractivity contribution is 0.191. The molecule has 0 saturated heterocycles. The van der Waals surface area contributed by atoms with Crippen LogP contribution in [0.3, 0.4) is 0 Å². The molecule has 0 bridgehead atoms. The zero-order chi connectivity index (χ0) is 13.5. The van der Waals surface area contributed by atoms with Crippen LogP contribution in [0.1, 0.15) is 38.1 Å². The Morgan fingerprint density at radius 3 is 2.72 bits per heavy atom. The summed E-state index contributed by atoms with van der Waals surface area (Å²) in [6, 6.07) is 0.295. The molecule has 0 amide bonds. The van der Waals surface area contributed by atoms with Crippen LogP contribution in [-0.2, 0) is 11.2 Å². The van der Waals surface area contributed by atoms with E-state index in [-0.39, 0.29) is 0 Å². The van der Waals surface area contributed by atoms with E-state index in [0.29, 0.717) is 11.2 Å². The second-order valence-electron chi connectivity index (χ2n) is 4.48. The van der Waals surface area contributed by atoms with Gasteiger partial charge in [0.2, 0.25) is 0 Å². The molecule has 1 heterocycles. The summed E-state index contributed by atoms with van der Waals surface area (Å²) in [7, 11) is 1.71. The number of aromatic nitrogens is 2.